The number of carbonyl (C=O) groups is 4. The number of nitrogen functional groups attached to an aromatic ring is 1. The Labute approximate surface area is 221 Å². The summed E-state index contributed by atoms with van der Waals surface area (Å²) >= 11 is 5.88. The van der Waals surface area contributed by atoms with E-state index in [9.17, 15) is 28.8 Å². The highest BCUT2D eigenvalue weighted by molar-refractivity contribution is 6.35. The molecule has 0 saturated carbocycles. The predicted molar refractivity (Wildman–Crippen MR) is 139 cm³/mol. The van der Waals surface area contributed by atoms with Gasteiger partial charge in [0.2, 0.25) is 5.78 Å². The highest BCUT2D eigenvalue weighted by atomic mass is 35.5. The largest absolute Gasteiger partial charge is 0.454 e. The molecule has 1 aliphatic rings. The molecule has 0 fully saturated rings. The molecule has 0 bridgehead atoms. The fraction of sp³-hybridized carbons (Fsp3) is 0.231. The van der Waals surface area contributed by atoms with Crippen LogP contribution in [0, 0.1) is 5.92 Å². The zero-order valence-electron chi connectivity index (χ0n) is 20.7. The van der Waals surface area contributed by atoms with Crippen molar-refractivity contribution in [3.63, 3.8) is 0 Å². The standard InChI is InChI=1S/C26H23ClN4O7/c1-13(2)11-30-21(28)20(24(35)29(3)26(30)37)19(32)12-38-25(36)14-4-9-17-18(10-14)23(34)31(22(17)33)16-7-5-15(27)6-8-16/h4-10,13H,11-12,28H2,1-3H3. The number of Topliss-reactive ketones (excluding diaryl/α,β-unsaturated/α-hetero) is 1. The van der Waals surface area contributed by atoms with Crippen LogP contribution in [0.1, 0.15) is 55.3 Å². The molecule has 2 N–H and O–H groups in total. The van der Waals surface area contributed by atoms with Crippen LogP contribution in [-0.4, -0.2) is 39.3 Å². The van der Waals surface area contributed by atoms with Gasteiger partial charge in [0.25, 0.3) is 17.4 Å². The molecule has 0 saturated heterocycles. The average Bonchev–Trinajstić information content (AvgIpc) is 3.13. The number of hydrogen-bond acceptors (Lipinski definition) is 8. The molecule has 196 valence electrons. The van der Waals surface area contributed by atoms with Crippen molar-refractivity contribution in [2.75, 3.05) is 17.2 Å². The van der Waals surface area contributed by atoms with E-state index in [1.54, 1.807) is 0 Å². The van der Waals surface area contributed by atoms with E-state index in [-0.39, 0.29) is 35.0 Å². The summed E-state index contributed by atoms with van der Waals surface area (Å²) in [6.07, 6.45) is 0. The van der Waals surface area contributed by atoms with Gasteiger partial charge >= 0.3 is 11.7 Å². The van der Waals surface area contributed by atoms with Crippen LogP contribution in [0.15, 0.2) is 52.1 Å². The third-order valence-corrected chi connectivity index (χ3v) is 6.20. The molecule has 2 heterocycles. The minimum absolute atomic E-state index is 0.00158. The Morgan fingerprint density at radius 3 is 2.24 bits per heavy atom. The summed E-state index contributed by atoms with van der Waals surface area (Å²) in [6.45, 7) is 3.01. The highest BCUT2D eigenvalue weighted by Gasteiger charge is 2.37. The molecule has 38 heavy (non-hydrogen) atoms. The number of rotatable bonds is 7. The Balaban J connectivity index is 1.55. The second kappa shape index (κ2) is 10.1. The molecule has 1 aromatic heterocycles. The molecule has 0 aliphatic carbocycles. The number of halogens is 1. The maximum Gasteiger partial charge on any atom is 0.338 e. The van der Waals surface area contributed by atoms with Crippen molar-refractivity contribution in [3.05, 3.63) is 90.6 Å². The first-order valence-corrected chi connectivity index (χ1v) is 11.9. The fourth-order valence-electron chi connectivity index (χ4n) is 4.07. The van der Waals surface area contributed by atoms with Crippen molar-refractivity contribution in [1.29, 1.82) is 0 Å². The van der Waals surface area contributed by atoms with Crippen LogP contribution in [0.4, 0.5) is 11.5 Å². The number of ketones is 1. The lowest BCUT2D eigenvalue weighted by Crippen LogP contribution is -2.43. The van der Waals surface area contributed by atoms with Crippen LogP contribution in [0.3, 0.4) is 0 Å². The molecule has 0 spiro atoms. The van der Waals surface area contributed by atoms with E-state index in [1.807, 2.05) is 13.8 Å². The maximum atomic E-state index is 12.9. The second-order valence-electron chi connectivity index (χ2n) is 9.09. The van der Waals surface area contributed by atoms with E-state index in [0.29, 0.717) is 10.7 Å². The summed E-state index contributed by atoms with van der Waals surface area (Å²) in [5.74, 6) is -3.37. The van der Waals surface area contributed by atoms with Crippen LogP contribution in [0.5, 0.6) is 0 Å². The summed E-state index contributed by atoms with van der Waals surface area (Å²) in [5, 5.41) is 0.434. The van der Waals surface area contributed by atoms with Crippen molar-refractivity contribution in [2.24, 2.45) is 13.0 Å². The number of ether oxygens (including phenoxy) is 1. The van der Waals surface area contributed by atoms with Crippen molar-refractivity contribution < 1.29 is 23.9 Å². The van der Waals surface area contributed by atoms with Gasteiger partial charge in [-0.05, 0) is 48.4 Å². The van der Waals surface area contributed by atoms with Gasteiger partial charge in [0.15, 0.2) is 6.61 Å². The van der Waals surface area contributed by atoms with Gasteiger partial charge in [0.1, 0.15) is 11.4 Å². The minimum Gasteiger partial charge on any atom is -0.454 e. The lowest BCUT2D eigenvalue weighted by atomic mass is 10.1. The zero-order valence-corrected chi connectivity index (χ0v) is 21.4. The van der Waals surface area contributed by atoms with Gasteiger partial charge in [0.05, 0.1) is 22.4 Å². The topological polar surface area (TPSA) is 151 Å². The lowest BCUT2D eigenvalue weighted by molar-refractivity contribution is 0.0474. The molecule has 2 aromatic carbocycles. The molecule has 2 amide bonds. The molecule has 3 aromatic rings. The van der Waals surface area contributed by atoms with Gasteiger partial charge in [-0.3, -0.25) is 28.3 Å². The van der Waals surface area contributed by atoms with Gasteiger partial charge in [-0.2, -0.15) is 0 Å². The molecule has 11 nitrogen and oxygen atoms in total. The first-order chi connectivity index (χ1) is 17.9. The average molecular weight is 539 g/mol. The molecule has 12 heteroatoms. The molecule has 1 aliphatic heterocycles. The molecule has 0 radical (unpaired) electrons. The molecular formula is C26H23ClN4O7. The number of aromatic nitrogens is 2. The first kappa shape index (κ1) is 26.6. The van der Waals surface area contributed by atoms with Crippen LogP contribution < -0.4 is 21.9 Å². The summed E-state index contributed by atoms with van der Waals surface area (Å²) in [4.78, 5) is 77.3. The number of hydrogen-bond donors (Lipinski definition) is 1. The number of esters is 1. The third-order valence-electron chi connectivity index (χ3n) is 5.95. The van der Waals surface area contributed by atoms with Gasteiger partial charge in [0, 0.05) is 18.6 Å². The number of anilines is 2. The van der Waals surface area contributed by atoms with Crippen LogP contribution in [0.2, 0.25) is 5.02 Å². The minimum atomic E-state index is -0.961. The predicted octanol–water partition coefficient (Wildman–Crippen LogP) is 2.28. The lowest BCUT2D eigenvalue weighted by Gasteiger charge is -2.16. The Kier molecular flexibility index (Phi) is 7.05. The number of fused-ring (bicyclic) bond motifs is 1. The quantitative estimate of drug-likeness (QED) is 0.273. The first-order valence-electron chi connectivity index (χ1n) is 11.5. The SMILES string of the molecule is CC(C)Cn1c(N)c(C(=O)COC(=O)c2ccc3c(c2)C(=O)N(c2ccc(Cl)cc2)C3=O)c(=O)n(C)c1=O. The van der Waals surface area contributed by atoms with E-state index in [0.717, 1.165) is 14.0 Å². The van der Waals surface area contributed by atoms with Crippen molar-refractivity contribution in [3.8, 4) is 0 Å². The molecule has 0 unspecified atom stereocenters. The summed E-state index contributed by atoms with van der Waals surface area (Å²) in [7, 11) is 1.22. The number of carbonyl (C=O) groups excluding carboxylic acids is 4. The Bertz CT molecular complexity index is 1620. The smallest absolute Gasteiger partial charge is 0.338 e. The van der Waals surface area contributed by atoms with Crippen LogP contribution in [0.25, 0.3) is 0 Å². The second-order valence-corrected chi connectivity index (χ2v) is 9.53. The number of nitrogens with zero attached hydrogens (tertiary/aromatic N) is 3. The summed E-state index contributed by atoms with van der Waals surface area (Å²) in [6, 6.07) is 9.92. The molecular weight excluding hydrogens is 516 g/mol. The summed E-state index contributed by atoms with van der Waals surface area (Å²) in [5.41, 5.74) is 4.27. The number of benzene rings is 2. The van der Waals surface area contributed by atoms with Crippen molar-refractivity contribution in [1.82, 2.24) is 9.13 Å². The van der Waals surface area contributed by atoms with Crippen LogP contribution in [-0.2, 0) is 18.3 Å². The highest BCUT2D eigenvalue weighted by Crippen LogP contribution is 2.30. The van der Waals surface area contributed by atoms with Crippen molar-refractivity contribution in [2.45, 2.75) is 20.4 Å². The third kappa shape index (κ3) is 4.63. The Hall–Kier alpha value is -4.51. The van der Waals surface area contributed by atoms with Gasteiger partial charge in [-0.15, -0.1) is 0 Å². The van der Waals surface area contributed by atoms with E-state index in [4.69, 9.17) is 22.1 Å². The fourth-order valence-corrected chi connectivity index (χ4v) is 4.19. The maximum absolute atomic E-state index is 12.9. The number of amides is 2. The van der Waals surface area contributed by atoms with E-state index < -0.39 is 47.0 Å². The van der Waals surface area contributed by atoms with Gasteiger partial charge in [-0.25, -0.2) is 14.5 Å². The Morgan fingerprint density at radius 2 is 1.61 bits per heavy atom. The van der Waals surface area contributed by atoms with E-state index in [1.165, 1.54) is 49.5 Å². The number of imide groups is 1. The molecule has 0 atom stereocenters. The number of nitrogens with two attached hydrogens (primary N) is 1. The Morgan fingerprint density at radius 1 is 0.974 bits per heavy atom. The normalized spacial score (nSPS) is 12.7. The van der Waals surface area contributed by atoms with Crippen LogP contribution >= 0.6 is 11.6 Å². The monoisotopic (exact) mass is 538 g/mol. The van der Waals surface area contributed by atoms with Gasteiger partial charge in [-0.1, -0.05) is 25.4 Å². The van der Waals surface area contributed by atoms with Gasteiger partial charge < -0.3 is 10.5 Å². The van der Waals surface area contributed by atoms with Crippen molar-refractivity contribution >= 4 is 46.7 Å². The van der Waals surface area contributed by atoms with E-state index in [2.05, 4.69) is 0 Å². The molecule has 4 rings (SSSR count). The zero-order chi connectivity index (χ0) is 27.9. The van der Waals surface area contributed by atoms with E-state index >= 15 is 0 Å². The summed E-state index contributed by atoms with van der Waals surface area (Å²) < 4.78 is 6.98.